The molecule has 3 saturated heterocycles. The van der Waals surface area contributed by atoms with Crippen molar-refractivity contribution >= 4 is 0 Å². The Bertz CT molecular complexity index is 569. The monoisotopic (exact) mass is 354 g/mol. The molecule has 0 spiro atoms. The van der Waals surface area contributed by atoms with Crippen LogP contribution in [0.3, 0.4) is 0 Å². The van der Waals surface area contributed by atoms with E-state index in [1.54, 1.807) is 0 Å². The van der Waals surface area contributed by atoms with Crippen LogP contribution in [0.25, 0.3) is 0 Å². The average molecular weight is 354 g/mol. The molecular formula is C17H22O8. The first-order chi connectivity index (χ1) is 12.1. The first-order valence-corrected chi connectivity index (χ1v) is 8.37. The first kappa shape index (κ1) is 17.3. The first-order valence-electron chi connectivity index (χ1n) is 8.37. The Hall–Kier alpha value is -1.10. The lowest BCUT2D eigenvalue weighted by Gasteiger charge is -2.37. The molecule has 0 aromatic heterocycles. The molecule has 3 aliphatic rings. The molecule has 0 aliphatic carbocycles. The van der Waals surface area contributed by atoms with Crippen LogP contribution < -0.4 is 0 Å². The molecule has 8 heteroatoms. The van der Waals surface area contributed by atoms with Gasteiger partial charge in [0, 0.05) is 0 Å². The number of epoxide rings is 1. The molecule has 25 heavy (non-hydrogen) atoms. The topological polar surface area (TPSA) is 110 Å². The van der Waals surface area contributed by atoms with Crippen molar-refractivity contribution in [3.8, 4) is 0 Å². The van der Waals surface area contributed by atoms with Gasteiger partial charge in [0.05, 0.1) is 19.8 Å². The molecule has 1 aromatic rings. The van der Waals surface area contributed by atoms with Gasteiger partial charge in [0.15, 0.2) is 12.6 Å². The Morgan fingerprint density at radius 2 is 1.68 bits per heavy atom. The van der Waals surface area contributed by atoms with E-state index in [1.807, 2.05) is 30.3 Å². The lowest BCUT2D eigenvalue weighted by atomic mass is 10.1. The van der Waals surface area contributed by atoms with E-state index in [9.17, 15) is 15.3 Å². The third kappa shape index (κ3) is 3.71. The number of benzene rings is 1. The highest BCUT2D eigenvalue weighted by atomic mass is 16.8. The summed E-state index contributed by atoms with van der Waals surface area (Å²) in [6, 6.07) is 9.78. The maximum absolute atomic E-state index is 9.93. The molecule has 8 nitrogen and oxygen atoms in total. The third-order valence-corrected chi connectivity index (χ3v) is 4.64. The molecule has 3 N–H and O–H groups in total. The largest absolute Gasteiger partial charge is 0.388 e. The highest BCUT2D eigenvalue weighted by Crippen LogP contribution is 2.38. The van der Waals surface area contributed by atoms with E-state index in [4.69, 9.17) is 23.7 Å². The summed E-state index contributed by atoms with van der Waals surface area (Å²) < 4.78 is 27.9. The van der Waals surface area contributed by atoms with Crippen LogP contribution >= 0.6 is 0 Å². The van der Waals surface area contributed by atoms with E-state index < -0.39 is 37.0 Å². The number of hydrogen-bond acceptors (Lipinski definition) is 8. The van der Waals surface area contributed by atoms with Crippen molar-refractivity contribution < 1.29 is 39.0 Å². The fraction of sp³-hybridized carbons (Fsp3) is 0.647. The zero-order chi connectivity index (χ0) is 17.4. The zero-order valence-corrected chi connectivity index (χ0v) is 13.5. The summed E-state index contributed by atoms with van der Waals surface area (Å²) >= 11 is 0. The van der Waals surface area contributed by atoms with E-state index in [1.165, 1.54) is 0 Å². The number of rotatable bonds is 5. The molecule has 1 aromatic carbocycles. The minimum atomic E-state index is -1.33. The van der Waals surface area contributed by atoms with Crippen molar-refractivity contribution in [1.29, 1.82) is 0 Å². The molecule has 3 heterocycles. The van der Waals surface area contributed by atoms with Crippen molar-refractivity contribution in [1.82, 2.24) is 0 Å². The van der Waals surface area contributed by atoms with Crippen LogP contribution in [0.5, 0.6) is 0 Å². The van der Waals surface area contributed by atoms with Gasteiger partial charge in [-0.1, -0.05) is 30.3 Å². The van der Waals surface area contributed by atoms with Crippen LogP contribution in [0.2, 0.25) is 0 Å². The van der Waals surface area contributed by atoms with Crippen molar-refractivity contribution in [3.05, 3.63) is 35.9 Å². The van der Waals surface area contributed by atoms with Crippen molar-refractivity contribution in [2.75, 3.05) is 13.2 Å². The second-order valence-corrected chi connectivity index (χ2v) is 6.49. The Morgan fingerprint density at radius 3 is 2.48 bits per heavy atom. The van der Waals surface area contributed by atoms with E-state index in [-0.39, 0.29) is 25.4 Å². The van der Waals surface area contributed by atoms with Crippen molar-refractivity contribution in [3.63, 3.8) is 0 Å². The summed E-state index contributed by atoms with van der Waals surface area (Å²) in [5, 5.41) is 29.1. The van der Waals surface area contributed by atoms with Crippen LogP contribution in [-0.2, 0) is 30.3 Å². The molecule has 0 amide bonds. The summed E-state index contributed by atoms with van der Waals surface area (Å²) in [6.45, 7) is 0.554. The van der Waals surface area contributed by atoms with Crippen molar-refractivity contribution in [2.45, 2.75) is 55.8 Å². The smallest absolute Gasteiger partial charge is 0.186 e. The standard InChI is InChI=1S/C17H22O8/c18-10-7-22-16(13(20)12(10)19)24-11-8-23-17(15-14(11)25-15)21-6-9-4-2-1-3-5-9/h1-5,10-20H,6-8H2/t10-,11+,12-,13+,14+,15+,16-,17+/m0/s1. The molecule has 3 fully saturated rings. The fourth-order valence-electron chi connectivity index (χ4n) is 3.12. The lowest BCUT2D eigenvalue weighted by Crippen LogP contribution is -2.55. The number of hydrogen-bond donors (Lipinski definition) is 3. The number of aliphatic hydroxyl groups excluding tert-OH is 3. The van der Waals surface area contributed by atoms with Gasteiger partial charge in [0.1, 0.15) is 36.6 Å². The van der Waals surface area contributed by atoms with Gasteiger partial charge in [-0.25, -0.2) is 0 Å². The number of aliphatic hydroxyl groups is 3. The van der Waals surface area contributed by atoms with E-state index in [0.717, 1.165) is 5.56 Å². The highest BCUT2D eigenvalue weighted by Gasteiger charge is 2.56. The van der Waals surface area contributed by atoms with Gasteiger partial charge in [-0.3, -0.25) is 0 Å². The zero-order valence-electron chi connectivity index (χ0n) is 13.5. The van der Waals surface area contributed by atoms with Crippen LogP contribution in [0, 0.1) is 0 Å². The van der Waals surface area contributed by atoms with Gasteiger partial charge < -0.3 is 39.0 Å². The van der Waals surface area contributed by atoms with Gasteiger partial charge in [-0.2, -0.15) is 0 Å². The third-order valence-electron chi connectivity index (χ3n) is 4.64. The molecule has 0 unspecified atom stereocenters. The van der Waals surface area contributed by atoms with E-state index in [0.29, 0.717) is 6.61 Å². The predicted molar refractivity (Wildman–Crippen MR) is 82.3 cm³/mol. The van der Waals surface area contributed by atoms with E-state index >= 15 is 0 Å². The van der Waals surface area contributed by atoms with Gasteiger partial charge >= 0.3 is 0 Å². The molecule has 0 saturated carbocycles. The SMILES string of the molecule is O[C@@H]1[C@@H](O)[C@H](O[C@@H]2CO[C@@H](OCc3ccccc3)[C@@H]3O[C@@H]32)OC[C@@H]1O. The molecule has 0 radical (unpaired) electrons. The molecule has 3 aliphatic heterocycles. The second-order valence-electron chi connectivity index (χ2n) is 6.49. The molecule has 4 rings (SSSR count). The molecule has 138 valence electrons. The van der Waals surface area contributed by atoms with Gasteiger partial charge in [-0.05, 0) is 5.56 Å². The Balaban J connectivity index is 1.26. The average Bonchev–Trinajstić information content (AvgIpc) is 3.43. The minimum Gasteiger partial charge on any atom is -0.388 e. The summed E-state index contributed by atoms with van der Waals surface area (Å²) in [5.41, 5.74) is 1.05. The van der Waals surface area contributed by atoms with E-state index in [2.05, 4.69) is 0 Å². The van der Waals surface area contributed by atoms with Gasteiger partial charge in [0.2, 0.25) is 0 Å². The lowest BCUT2D eigenvalue weighted by molar-refractivity contribution is -0.294. The molecule has 0 bridgehead atoms. The van der Waals surface area contributed by atoms with Crippen LogP contribution in [0.15, 0.2) is 30.3 Å². The normalized spacial score (nSPS) is 43.5. The fourth-order valence-corrected chi connectivity index (χ4v) is 3.12. The number of fused-ring (bicyclic) bond motifs is 1. The Labute approximate surface area is 144 Å². The summed E-state index contributed by atoms with van der Waals surface area (Å²) in [5.74, 6) is 0. The summed E-state index contributed by atoms with van der Waals surface area (Å²) in [4.78, 5) is 0. The molecular weight excluding hydrogens is 332 g/mol. The van der Waals surface area contributed by atoms with Crippen LogP contribution in [0.4, 0.5) is 0 Å². The maximum atomic E-state index is 9.93. The van der Waals surface area contributed by atoms with Crippen LogP contribution in [-0.4, -0.2) is 77.7 Å². The quantitative estimate of drug-likeness (QED) is 0.587. The summed E-state index contributed by atoms with van der Waals surface area (Å²) in [6.07, 6.45) is -6.10. The summed E-state index contributed by atoms with van der Waals surface area (Å²) in [7, 11) is 0. The maximum Gasteiger partial charge on any atom is 0.186 e. The Morgan fingerprint density at radius 1 is 0.920 bits per heavy atom. The molecule has 8 atom stereocenters. The highest BCUT2D eigenvalue weighted by molar-refractivity contribution is 5.13. The van der Waals surface area contributed by atoms with Crippen LogP contribution in [0.1, 0.15) is 5.56 Å². The van der Waals surface area contributed by atoms with Crippen molar-refractivity contribution in [2.24, 2.45) is 0 Å². The number of ether oxygens (including phenoxy) is 5. The van der Waals surface area contributed by atoms with Gasteiger partial charge in [-0.15, -0.1) is 0 Å². The van der Waals surface area contributed by atoms with Gasteiger partial charge in [0.25, 0.3) is 0 Å². The Kier molecular flexibility index (Phi) is 5.03. The predicted octanol–water partition coefficient (Wildman–Crippen LogP) is -0.849. The minimum absolute atomic E-state index is 0.103. The second kappa shape index (κ2) is 7.26.